The number of allylic oxidation sites excluding steroid dienone is 2. The first-order valence-electron chi connectivity index (χ1n) is 17.9. The second-order valence-corrected chi connectivity index (χ2v) is 14.5. The van der Waals surface area contributed by atoms with Crippen molar-refractivity contribution < 1.29 is 38.1 Å². The fourth-order valence-corrected chi connectivity index (χ4v) is 7.00. The van der Waals surface area contributed by atoms with E-state index < -0.39 is 17.4 Å². The molecule has 5 aromatic rings. The van der Waals surface area contributed by atoms with Gasteiger partial charge >= 0.3 is 11.9 Å². The lowest BCUT2D eigenvalue weighted by atomic mass is 9.96. The Morgan fingerprint density at radius 2 is 1.41 bits per heavy atom. The standard InChI is InChI=1S/C39H43N7O8/c1-8-44-28(13-21(2)43-44)29(47)18-32-40-26-14-22(35(48)51-6)16-30-33(26)45(32)24(19-53-30)11-9-10-12-25-20-54-31-17-23(36(49)52-7)15-27-34(31)46(25)38(41-27)42-37(50)39(3,4)5/h9-10,13-17,24-25H,8,11-12,18-20H2,1-7H3,(H,41,42,50)/b10-9+/t24-,25-/m0/s1. The zero-order valence-electron chi connectivity index (χ0n) is 31.4. The number of hydrogen-bond donors (Lipinski definition) is 1. The lowest BCUT2D eigenvalue weighted by Gasteiger charge is -2.28. The smallest absolute Gasteiger partial charge is 0.338 e. The van der Waals surface area contributed by atoms with Crippen molar-refractivity contribution in [3.05, 3.63) is 70.8 Å². The summed E-state index contributed by atoms with van der Waals surface area (Å²) in [7, 11) is 2.63. The van der Waals surface area contributed by atoms with Crippen molar-refractivity contribution in [1.29, 1.82) is 0 Å². The topological polar surface area (TPSA) is 171 Å². The number of rotatable bonds is 11. The Morgan fingerprint density at radius 3 is 1.96 bits per heavy atom. The van der Waals surface area contributed by atoms with E-state index in [0.29, 0.717) is 81.5 Å². The van der Waals surface area contributed by atoms with Gasteiger partial charge in [0.05, 0.1) is 60.6 Å². The lowest BCUT2D eigenvalue weighted by molar-refractivity contribution is -0.123. The third-order valence-corrected chi connectivity index (χ3v) is 9.70. The van der Waals surface area contributed by atoms with Crippen molar-refractivity contribution in [2.45, 2.75) is 72.5 Å². The number of carbonyl (C=O) groups excluding carboxylic acids is 4. The number of carbonyl (C=O) groups is 4. The monoisotopic (exact) mass is 737 g/mol. The van der Waals surface area contributed by atoms with Crippen LogP contribution >= 0.6 is 0 Å². The summed E-state index contributed by atoms with van der Waals surface area (Å²) in [4.78, 5) is 61.3. The summed E-state index contributed by atoms with van der Waals surface area (Å²) in [6.07, 6.45) is 5.24. The molecule has 54 heavy (non-hydrogen) atoms. The van der Waals surface area contributed by atoms with Crippen molar-refractivity contribution in [1.82, 2.24) is 28.9 Å². The summed E-state index contributed by atoms with van der Waals surface area (Å²) in [5, 5.41) is 7.44. The molecule has 1 N–H and O–H groups in total. The molecule has 0 saturated heterocycles. The van der Waals surface area contributed by atoms with Gasteiger partial charge in [0.15, 0.2) is 5.78 Å². The average Bonchev–Trinajstić information content (AvgIpc) is 3.84. The van der Waals surface area contributed by atoms with Gasteiger partial charge in [-0.1, -0.05) is 32.9 Å². The van der Waals surface area contributed by atoms with Crippen molar-refractivity contribution in [2.75, 3.05) is 32.8 Å². The van der Waals surface area contributed by atoms with E-state index in [9.17, 15) is 19.2 Å². The molecule has 0 unspecified atom stereocenters. The minimum absolute atomic E-state index is 0.0310. The molecule has 15 heteroatoms. The van der Waals surface area contributed by atoms with Crippen LogP contribution in [-0.4, -0.2) is 79.9 Å². The van der Waals surface area contributed by atoms with Gasteiger partial charge in [-0.05, 0) is 57.0 Å². The molecular weight excluding hydrogens is 694 g/mol. The van der Waals surface area contributed by atoms with Gasteiger partial charge in [-0.15, -0.1) is 0 Å². The van der Waals surface area contributed by atoms with Crippen LogP contribution in [0.5, 0.6) is 11.5 Å². The van der Waals surface area contributed by atoms with Gasteiger partial charge in [0, 0.05) is 12.0 Å². The van der Waals surface area contributed by atoms with Crippen LogP contribution in [0.2, 0.25) is 0 Å². The molecule has 1 amide bonds. The predicted molar refractivity (Wildman–Crippen MR) is 198 cm³/mol. The first-order valence-corrected chi connectivity index (χ1v) is 17.9. The molecule has 5 heterocycles. The lowest BCUT2D eigenvalue weighted by Crippen LogP contribution is -2.31. The number of amides is 1. The molecule has 2 aliphatic heterocycles. The number of Topliss-reactive ketones (excluding diaryl/α,β-unsaturated/α-hetero) is 1. The first kappa shape index (κ1) is 36.4. The molecule has 0 aliphatic carbocycles. The van der Waals surface area contributed by atoms with Crippen molar-refractivity contribution >= 4 is 51.6 Å². The predicted octanol–water partition coefficient (Wildman–Crippen LogP) is 5.80. The number of nitrogens with one attached hydrogen (secondary N) is 1. The summed E-state index contributed by atoms with van der Waals surface area (Å²) in [5.41, 5.74) is 3.63. The highest BCUT2D eigenvalue weighted by Gasteiger charge is 2.32. The van der Waals surface area contributed by atoms with E-state index in [2.05, 4.69) is 27.1 Å². The minimum Gasteiger partial charge on any atom is -0.489 e. The number of hydrogen-bond acceptors (Lipinski definition) is 11. The Labute approximate surface area is 311 Å². The normalized spacial score (nSPS) is 16.4. The molecule has 7 rings (SSSR count). The highest BCUT2D eigenvalue weighted by Crippen LogP contribution is 2.40. The van der Waals surface area contributed by atoms with Crippen LogP contribution < -0.4 is 14.8 Å². The molecule has 0 spiro atoms. The summed E-state index contributed by atoms with van der Waals surface area (Å²) in [6, 6.07) is 7.94. The van der Waals surface area contributed by atoms with E-state index in [1.54, 1.807) is 35.0 Å². The van der Waals surface area contributed by atoms with E-state index in [1.165, 1.54) is 14.2 Å². The number of anilines is 1. The molecule has 0 saturated carbocycles. The molecule has 0 fully saturated rings. The van der Waals surface area contributed by atoms with Crippen LogP contribution in [0.15, 0.2) is 42.5 Å². The third kappa shape index (κ3) is 6.58. The van der Waals surface area contributed by atoms with Gasteiger partial charge in [0.2, 0.25) is 11.9 Å². The summed E-state index contributed by atoms with van der Waals surface area (Å²) in [6.45, 7) is 10.4. The quantitative estimate of drug-likeness (QED) is 0.0988. The summed E-state index contributed by atoms with van der Waals surface area (Å²) in [5.74, 6) is 0.571. The maximum atomic E-state index is 13.7. The number of imidazole rings is 2. The summed E-state index contributed by atoms with van der Waals surface area (Å²) >= 11 is 0. The highest BCUT2D eigenvalue weighted by molar-refractivity contribution is 6.00. The van der Waals surface area contributed by atoms with Crippen LogP contribution in [0.4, 0.5) is 5.95 Å². The largest absolute Gasteiger partial charge is 0.489 e. The van der Waals surface area contributed by atoms with Crippen molar-refractivity contribution in [3.8, 4) is 11.5 Å². The number of esters is 2. The maximum absolute atomic E-state index is 13.7. The molecule has 282 valence electrons. The van der Waals surface area contributed by atoms with E-state index in [1.807, 2.05) is 39.2 Å². The van der Waals surface area contributed by atoms with Gasteiger partial charge < -0.3 is 23.5 Å². The summed E-state index contributed by atoms with van der Waals surface area (Å²) < 4.78 is 28.0. The number of benzene rings is 2. The van der Waals surface area contributed by atoms with Gasteiger partial charge in [0.25, 0.3) is 0 Å². The Hall–Kier alpha value is -5.99. The zero-order valence-corrected chi connectivity index (χ0v) is 31.4. The Morgan fingerprint density at radius 1 is 0.852 bits per heavy atom. The fourth-order valence-electron chi connectivity index (χ4n) is 7.00. The zero-order chi connectivity index (χ0) is 38.5. The van der Waals surface area contributed by atoms with Crippen LogP contribution in [-0.2, 0) is 27.2 Å². The Kier molecular flexibility index (Phi) is 9.50. The van der Waals surface area contributed by atoms with Crippen LogP contribution in [0.1, 0.15) is 95.3 Å². The second-order valence-electron chi connectivity index (χ2n) is 14.5. The molecule has 3 aromatic heterocycles. The van der Waals surface area contributed by atoms with Gasteiger partial charge in [-0.2, -0.15) is 5.10 Å². The van der Waals surface area contributed by atoms with Crippen LogP contribution in [0, 0.1) is 12.3 Å². The first-order chi connectivity index (χ1) is 25.8. The molecule has 2 aromatic carbocycles. The highest BCUT2D eigenvalue weighted by atomic mass is 16.5. The van der Waals surface area contributed by atoms with Crippen molar-refractivity contribution in [2.24, 2.45) is 5.41 Å². The number of aromatic nitrogens is 6. The SMILES string of the molecule is CCn1nc(C)cc1C(=O)Cc1nc2cc(C(=O)OC)cc3c2n1[C@@H](C/C=C/C[C@H]1COc2cc(C(=O)OC)cc4nc(NC(=O)C(C)(C)C)n1c24)CO3. The maximum Gasteiger partial charge on any atom is 0.338 e. The average molecular weight is 738 g/mol. The third-order valence-electron chi connectivity index (χ3n) is 9.70. The van der Waals surface area contributed by atoms with Crippen LogP contribution in [0.25, 0.3) is 22.1 Å². The van der Waals surface area contributed by atoms with Crippen molar-refractivity contribution in [3.63, 3.8) is 0 Å². The molecule has 15 nitrogen and oxygen atoms in total. The van der Waals surface area contributed by atoms with E-state index >= 15 is 0 Å². The molecule has 0 bridgehead atoms. The number of aryl methyl sites for hydroxylation is 2. The Balaban J connectivity index is 1.18. The van der Waals surface area contributed by atoms with Crippen LogP contribution in [0.3, 0.4) is 0 Å². The van der Waals surface area contributed by atoms with Gasteiger partial charge in [-0.3, -0.25) is 24.2 Å². The number of methoxy groups -OCH3 is 2. The van der Waals surface area contributed by atoms with Gasteiger partial charge in [0.1, 0.15) is 47.3 Å². The molecular formula is C39H43N7O8. The van der Waals surface area contributed by atoms with Gasteiger partial charge in [-0.25, -0.2) is 19.6 Å². The number of nitrogens with zero attached hydrogens (tertiary/aromatic N) is 6. The Bertz CT molecular complexity index is 2360. The van der Waals surface area contributed by atoms with E-state index in [4.69, 9.17) is 28.9 Å². The van der Waals surface area contributed by atoms with E-state index in [0.717, 1.165) is 5.69 Å². The second kappa shape index (κ2) is 14.1. The molecule has 0 radical (unpaired) electrons. The number of ether oxygens (including phenoxy) is 4. The molecule has 2 atom stereocenters. The molecule has 2 aliphatic rings. The minimum atomic E-state index is -0.668. The number of ketones is 1. The fraction of sp³-hybridized carbons (Fsp3) is 0.410. The van der Waals surface area contributed by atoms with E-state index in [-0.39, 0.29) is 43.4 Å².